The minimum Gasteiger partial charge on any atom is -0.300 e. The zero-order valence-corrected chi connectivity index (χ0v) is 13.9. The van der Waals surface area contributed by atoms with Gasteiger partial charge < -0.3 is 5.32 Å². The van der Waals surface area contributed by atoms with E-state index in [1.54, 1.807) is 0 Å². The molecule has 0 spiro atoms. The number of nitrogens with one attached hydrogen (secondary N) is 1. The van der Waals surface area contributed by atoms with E-state index in [9.17, 15) is 14.4 Å². The Morgan fingerprint density at radius 3 is 3.04 bits per heavy atom. The van der Waals surface area contributed by atoms with E-state index in [4.69, 9.17) is 0 Å². The smallest absolute Gasteiger partial charge is 0.300 e. The Kier molecular flexibility index (Phi) is 4.16. The molecule has 1 N–H and O–H groups in total. The lowest BCUT2D eigenvalue weighted by molar-refractivity contribution is -0.116. The second-order valence-electron chi connectivity index (χ2n) is 5.91. The van der Waals surface area contributed by atoms with Crippen molar-refractivity contribution in [1.82, 2.24) is 14.1 Å². The lowest BCUT2D eigenvalue weighted by Gasteiger charge is -2.15. The van der Waals surface area contributed by atoms with Crippen molar-refractivity contribution >= 4 is 22.4 Å². The summed E-state index contributed by atoms with van der Waals surface area (Å²) in [5, 5.41) is 3.32. The predicted octanol–water partition coefficient (Wildman–Crippen LogP) is 0.767. The number of aromatic nitrogens is 3. The Morgan fingerprint density at radius 1 is 1.48 bits per heavy atom. The van der Waals surface area contributed by atoms with Gasteiger partial charge >= 0.3 is 5.69 Å². The standard InChI is InChI=1S/C15H18N4O3S/c1-9-3-4-10-11(7-9)23-14(16-10)17-12(20)8-19-6-5-13(21)18(2)15(19)22/h5-6,9H,3-4,7-8H2,1-2H3,(H,16,17,20)/t9-/m1/s1. The van der Waals surface area contributed by atoms with Crippen LogP contribution in [0.5, 0.6) is 0 Å². The number of thiazole rings is 1. The highest BCUT2D eigenvalue weighted by atomic mass is 32.1. The molecule has 0 bridgehead atoms. The Morgan fingerprint density at radius 2 is 2.26 bits per heavy atom. The summed E-state index contributed by atoms with van der Waals surface area (Å²) in [5.41, 5.74) is 0.163. The van der Waals surface area contributed by atoms with E-state index in [1.165, 1.54) is 40.1 Å². The van der Waals surface area contributed by atoms with Gasteiger partial charge in [0.15, 0.2) is 5.13 Å². The summed E-state index contributed by atoms with van der Waals surface area (Å²) >= 11 is 1.50. The molecule has 0 fully saturated rings. The number of carbonyl (C=O) groups is 1. The van der Waals surface area contributed by atoms with Gasteiger partial charge in [0.25, 0.3) is 5.56 Å². The molecule has 0 aromatic carbocycles. The molecule has 1 atom stereocenters. The van der Waals surface area contributed by atoms with Crippen LogP contribution in [0, 0.1) is 5.92 Å². The molecule has 2 aromatic rings. The van der Waals surface area contributed by atoms with Crippen molar-refractivity contribution in [3.8, 4) is 0 Å². The largest absolute Gasteiger partial charge is 0.331 e. The van der Waals surface area contributed by atoms with Gasteiger partial charge in [0.1, 0.15) is 6.54 Å². The molecule has 23 heavy (non-hydrogen) atoms. The van der Waals surface area contributed by atoms with Crippen LogP contribution in [0.2, 0.25) is 0 Å². The number of hydrogen-bond donors (Lipinski definition) is 1. The third kappa shape index (κ3) is 3.26. The molecule has 3 rings (SSSR count). The van der Waals surface area contributed by atoms with Crippen molar-refractivity contribution in [3.63, 3.8) is 0 Å². The number of carbonyl (C=O) groups excluding carboxylic acids is 1. The molecule has 0 saturated heterocycles. The molecule has 1 aliphatic rings. The highest BCUT2D eigenvalue weighted by Gasteiger charge is 2.20. The van der Waals surface area contributed by atoms with Crippen molar-refractivity contribution in [1.29, 1.82) is 0 Å². The normalized spacial score (nSPS) is 16.9. The van der Waals surface area contributed by atoms with Gasteiger partial charge in [-0.1, -0.05) is 6.92 Å². The first-order valence-electron chi connectivity index (χ1n) is 7.49. The van der Waals surface area contributed by atoms with Crippen LogP contribution >= 0.6 is 11.3 Å². The molecular weight excluding hydrogens is 316 g/mol. The summed E-state index contributed by atoms with van der Waals surface area (Å²) in [6, 6.07) is 1.26. The average Bonchev–Trinajstić information content (AvgIpc) is 2.89. The highest BCUT2D eigenvalue weighted by Crippen LogP contribution is 2.31. The topological polar surface area (TPSA) is 86.0 Å². The number of aryl methyl sites for hydroxylation is 1. The fourth-order valence-electron chi connectivity index (χ4n) is 2.64. The summed E-state index contributed by atoms with van der Waals surface area (Å²) in [6.45, 7) is 2.07. The first-order valence-corrected chi connectivity index (χ1v) is 8.30. The van der Waals surface area contributed by atoms with Crippen LogP contribution in [-0.2, 0) is 31.2 Å². The molecule has 7 nitrogen and oxygen atoms in total. The van der Waals surface area contributed by atoms with Crippen molar-refractivity contribution in [2.75, 3.05) is 5.32 Å². The maximum atomic E-state index is 12.1. The lowest BCUT2D eigenvalue weighted by Crippen LogP contribution is -2.38. The van der Waals surface area contributed by atoms with Gasteiger partial charge in [-0.05, 0) is 25.2 Å². The minimum absolute atomic E-state index is 0.145. The lowest BCUT2D eigenvalue weighted by atomic mass is 9.93. The fraction of sp³-hybridized carbons (Fsp3) is 0.467. The van der Waals surface area contributed by atoms with E-state index in [0.717, 1.165) is 29.5 Å². The van der Waals surface area contributed by atoms with Crippen LogP contribution in [0.1, 0.15) is 23.9 Å². The van der Waals surface area contributed by atoms with Crippen LogP contribution in [0.3, 0.4) is 0 Å². The van der Waals surface area contributed by atoms with Gasteiger partial charge in [0.05, 0.1) is 5.69 Å². The van der Waals surface area contributed by atoms with Crippen molar-refractivity contribution in [2.24, 2.45) is 13.0 Å². The van der Waals surface area contributed by atoms with Crippen molar-refractivity contribution in [3.05, 3.63) is 43.7 Å². The molecule has 2 heterocycles. The maximum Gasteiger partial charge on any atom is 0.331 e. The Balaban J connectivity index is 1.72. The molecule has 8 heteroatoms. The van der Waals surface area contributed by atoms with Gasteiger partial charge in [0.2, 0.25) is 5.91 Å². The Bertz CT molecular complexity index is 864. The number of hydrogen-bond acceptors (Lipinski definition) is 5. The first-order chi connectivity index (χ1) is 10.9. The third-order valence-corrected chi connectivity index (χ3v) is 5.04. The van der Waals surface area contributed by atoms with Crippen LogP contribution < -0.4 is 16.6 Å². The fourth-order valence-corrected chi connectivity index (χ4v) is 3.83. The summed E-state index contributed by atoms with van der Waals surface area (Å²) in [4.78, 5) is 41.1. The number of amides is 1. The van der Waals surface area contributed by atoms with Gasteiger partial charge in [0, 0.05) is 24.2 Å². The SMILES string of the molecule is C[C@@H]1CCc2nc(NC(=O)Cn3ccc(=O)n(C)c3=O)sc2C1. The van der Waals surface area contributed by atoms with Gasteiger partial charge in [-0.2, -0.15) is 0 Å². The van der Waals surface area contributed by atoms with Crippen molar-refractivity contribution < 1.29 is 4.79 Å². The maximum absolute atomic E-state index is 12.1. The minimum atomic E-state index is -0.514. The summed E-state index contributed by atoms with van der Waals surface area (Å²) in [6.07, 6.45) is 4.41. The highest BCUT2D eigenvalue weighted by molar-refractivity contribution is 7.15. The van der Waals surface area contributed by atoms with Gasteiger partial charge in [-0.25, -0.2) is 9.78 Å². The Hall–Kier alpha value is -2.22. The number of nitrogens with zero attached hydrogens (tertiary/aromatic N) is 3. The molecule has 122 valence electrons. The molecule has 0 unspecified atom stereocenters. The monoisotopic (exact) mass is 334 g/mol. The van der Waals surface area contributed by atoms with E-state index in [-0.39, 0.29) is 12.5 Å². The van der Waals surface area contributed by atoms with Gasteiger partial charge in [-0.15, -0.1) is 11.3 Å². The second-order valence-corrected chi connectivity index (χ2v) is 6.99. The quantitative estimate of drug-likeness (QED) is 0.898. The average molecular weight is 334 g/mol. The van der Waals surface area contributed by atoms with Crippen molar-refractivity contribution in [2.45, 2.75) is 32.7 Å². The number of anilines is 1. The molecule has 1 amide bonds. The van der Waals surface area contributed by atoms with E-state index in [0.29, 0.717) is 11.0 Å². The molecule has 0 aliphatic heterocycles. The number of rotatable bonds is 3. The summed E-state index contributed by atoms with van der Waals surface area (Å²) in [7, 11) is 1.38. The van der Waals surface area contributed by atoms with Crippen LogP contribution in [-0.4, -0.2) is 20.0 Å². The van der Waals surface area contributed by atoms with E-state index in [2.05, 4.69) is 17.2 Å². The predicted molar refractivity (Wildman–Crippen MR) is 87.9 cm³/mol. The third-order valence-electron chi connectivity index (χ3n) is 4.01. The summed E-state index contributed by atoms with van der Waals surface area (Å²) in [5.74, 6) is 0.320. The van der Waals surface area contributed by atoms with Crippen LogP contribution in [0.25, 0.3) is 0 Å². The first kappa shape index (κ1) is 15.7. The van der Waals surface area contributed by atoms with E-state index < -0.39 is 11.2 Å². The molecule has 0 saturated carbocycles. The van der Waals surface area contributed by atoms with Crippen LogP contribution in [0.4, 0.5) is 5.13 Å². The number of fused-ring (bicyclic) bond motifs is 1. The van der Waals surface area contributed by atoms with Gasteiger partial charge in [-0.3, -0.25) is 18.7 Å². The molecular formula is C15H18N4O3S. The van der Waals surface area contributed by atoms with Crippen LogP contribution in [0.15, 0.2) is 21.9 Å². The zero-order chi connectivity index (χ0) is 16.6. The van der Waals surface area contributed by atoms with E-state index in [1.807, 2.05) is 0 Å². The molecule has 2 aromatic heterocycles. The zero-order valence-electron chi connectivity index (χ0n) is 13.0. The Labute approximate surface area is 136 Å². The molecule has 1 aliphatic carbocycles. The summed E-state index contributed by atoms with van der Waals surface area (Å²) < 4.78 is 2.17. The molecule has 0 radical (unpaired) electrons. The van der Waals surface area contributed by atoms with E-state index >= 15 is 0 Å². The second kappa shape index (κ2) is 6.11.